The van der Waals surface area contributed by atoms with Crippen LogP contribution in [-0.2, 0) is 0 Å². The van der Waals surface area contributed by atoms with Crippen LogP contribution in [0, 0.1) is 44.4 Å². The summed E-state index contributed by atoms with van der Waals surface area (Å²) in [7, 11) is 0. The lowest BCUT2D eigenvalue weighted by Gasteiger charge is -2.54. The van der Waals surface area contributed by atoms with E-state index in [1.807, 2.05) is 81.4 Å². The number of rotatable bonds is 7. The molecule has 0 unspecified atom stereocenters. The predicted octanol–water partition coefficient (Wildman–Crippen LogP) is 9.28. The van der Waals surface area contributed by atoms with Gasteiger partial charge in [-0.1, -0.05) is 18.2 Å². The highest BCUT2D eigenvalue weighted by Crippen LogP contribution is 2.62. The molecule has 4 aromatic rings. The van der Waals surface area contributed by atoms with Gasteiger partial charge in [0.1, 0.15) is 23.0 Å². The summed E-state index contributed by atoms with van der Waals surface area (Å²) in [6.45, 7) is 5.97. The van der Waals surface area contributed by atoms with E-state index < -0.39 is 0 Å². The molecule has 8 rings (SSSR count). The van der Waals surface area contributed by atoms with Crippen molar-refractivity contribution < 1.29 is 14.2 Å². The zero-order chi connectivity index (χ0) is 29.8. The van der Waals surface area contributed by atoms with Crippen LogP contribution in [0.1, 0.15) is 60.3 Å². The van der Waals surface area contributed by atoms with E-state index >= 15 is 0 Å². The first-order chi connectivity index (χ1) is 20.7. The fraction of sp³-hybridized carbons (Fsp3) is 0.351. The molecule has 0 spiro atoms. The summed E-state index contributed by atoms with van der Waals surface area (Å²) < 4.78 is 19.8. The number of hydrogen-bond acceptors (Lipinski definition) is 6. The maximum Gasteiger partial charge on any atom is 0.173 e. The number of benzene rings is 4. The molecule has 6 heteroatoms. The molecule has 4 bridgehead atoms. The monoisotopic (exact) mass is 575 g/mol. The van der Waals surface area contributed by atoms with Crippen LogP contribution in [-0.4, -0.2) is 0 Å². The average molecular weight is 576 g/mol. The van der Waals surface area contributed by atoms with Gasteiger partial charge in [0.15, 0.2) is 11.5 Å². The van der Waals surface area contributed by atoms with E-state index in [9.17, 15) is 0 Å². The van der Waals surface area contributed by atoms with Crippen LogP contribution < -0.4 is 31.4 Å². The van der Waals surface area contributed by atoms with Gasteiger partial charge in [-0.3, -0.25) is 0 Å². The highest BCUT2D eigenvalue weighted by molar-refractivity contribution is 5.60. The third-order valence-electron chi connectivity index (χ3n) is 10.1. The second kappa shape index (κ2) is 10.7. The first-order valence-electron chi connectivity index (χ1n) is 15.5. The van der Waals surface area contributed by atoms with E-state index in [0.29, 0.717) is 63.6 Å². The summed E-state index contributed by atoms with van der Waals surface area (Å²) in [6, 6.07) is 21.5. The van der Waals surface area contributed by atoms with Crippen LogP contribution in [0.2, 0.25) is 0 Å². The zero-order valence-electron chi connectivity index (χ0n) is 25.2. The number of nitrogen functional groups attached to an aromatic ring is 3. The van der Waals surface area contributed by atoms with Gasteiger partial charge in [-0.25, -0.2) is 0 Å². The van der Waals surface area contributed by atoms with Crippen molar-refractivity contribution in [3.05, 3.63) is 89.0 Å². The summed E-state index contributed by atoms with van der Waals surface area (Å²) in [5.41, 5.74) is 25.1. The molecule has 222 valence electrons. The lowest BCUT2D eigenvalue weighted by molar-refractivity contribution is -0.00341. The van der Waals surface area contributed by atoms with Crippen LogP contribution in [0.25, 0.3) is 0 Å². The van der Waals surface area contributed by atoms with Gasteiger partial charge in [-0.05, 0) is 123 Å². The van der Waals surface area contributed by atoms with E-state index in [4.69, 9.17) is 31.4 Å². The summed E-state index contributed by atoms with van der Waals surface area (Å²) in [4.78, 5) is 0. The number of anilines is 3. The third kappa shape index (κ3) is 5.35. The van der Waals surface area contributed by atoms with Gasteiger partial charge < -0.3 is 31.4 Å². The van der Waals surface area contributed by atoms with Crippen LogP contribution in [0.3, 0.4) is 0 Å². The van der Waals surface area contributed by atoms with Crippen molar-refractivity contribution in [1.29, 1.82) is 0 Å². The van der Waals surface area contributed by atoms with Crippen LogP contribution in [0.5, 0.6) is 34.5 Å². The maximum atomic E-state index is 6.70. The van der Waals surface area contributed by atoms with E-state index in [-0.39, 0.29) is 0 Å². The van der Waals surface area contributed by atoms with Crippen LogP contribution >= 0.6 is 0 Å². The second-order valence-electron chi connectivity index (χ2n) is 13.2. The molecule has 0 aliphatic heterocycles. The van der Waals surface area contributed by atoms with E-state index in [1.54, 1.807) is 0 Å². The summed E-state index contributed by atoms with van der Waals surface area (Å²) in [5.74, 6) is 7.37. The number of aryl methyl sites for hydroxylation is 3. The molecule has 4 fully saturated rings. The van der Waals surface area contributed by atoms with E-state index in [2.05, 4.69) is 6.07 Å². The summed E-state index contributed by atoms with van der Waals surface area (Å²) in [5, 5.41) is 0. The molecule has 4 aliphatic carbocycles. The van der Waals surface area contributed by atoms with Crippen LogP contribution in [0.4, 0.5) is 17.1 Å². The Balaban J connectivity index is 1.36. The van der Waals surface area contributed by atoms with Gasteiger partial charge in [0.2, 0.25) is 0 Å². The Morgan fingerprint density at radius 3 is 1.30 bits per heavy atom. The van der Waals surface area contributed by atoms with E-state index in [1.165, 1.54) is 37.7 Å². The molecular formula is C37H41N3O3. The fourth-order valence-corrected chi connectivity index (χ4v) is 7.93. The molecular weight excluding hydrogens is 534 g/mol. The molecule has 4 aromatic carbocycles. The zero-order valence-corrected chi connectivity index (χ0v) is 25.2. The largest absolute Gasteiger partial charge is 0.457 e. The molecule has 0 aromatic heterocycles. The molecule has 0 saturated heterocycles. The Morgan fingerprint density at radius 2 is 0.884 bits per heavy atom. The van der Waals surface area contributed by atoms with Crippen molar-refractivity contribution in [1.82, 2.24) is 0 Å². The Bertz CT molecular complexity index is 1670. The minimum atomic E-state index is 0.403. The minimum absolute atomic E-state index is 0.403. The third-order valence-corrected chi connectivity index (χ3v) is 10.1. The lowest BCUT2D eigenvalue weighted by Crippen LogP contribution is -2.43. The van der Waals surface area contributed by atoms with E-state index in [0.717, 1.165) is 34.3 Å². The van der Waals surface area contributed by atoms with Gasteiger partial charge in [0, 0.05) is 46.9 Å². The fourth-order valence-electron chi connectivity index (χ4n) is 7.93. The normalized spacial score (nSPS) is 23.7. The Hall–Kier alpha value is -4.32. The molecule has 0 heterocycles. The predicted molar refractivity (Wildman–Crippen MR) is 173 cm³/mol. The Kier molecular flexibility index (Phi) is 6.88. The first-order valence-corrected chi connectivity index (χ1v) is 15.5. The van der Waals surface area contributed by atoms with Crippen molar-refractivity contribution >= 4 is 17.1 Å². The molecule has 0 radical (unpaired) electrons. The molecule has 0 atom stereocenters. The SMILES string of the molecule is Cc1ccc(Oc2cc(Oc3ccc(C)c(N)c3)c(C3C4CC5CC(C4)CC3C5)cc2Oc2ccc(C)c(N)c2)cc1N. The summed E-state index contributed by atoms with van der Waals surface area (Å²) >= 11 is 0. The van der Waals surface area contributed by atoms with Crippen molar-refractivity contribution in [2.75, 3.05) is 17.2 Å². The highest BCUT2D eigenvalue weighted by Gasteiger charge is 2.49. The molecule has 6 N–H and O–H groups in total. The quantitative estimate of drug-likeness (QED) is 0.190. The van der Waals surface area contributed by atoms with Crippen molar-refractivity contribution in [3.63, 3.8) is 0 Å². The van der Waals surface area contributed by atoms with Gasteiger partial charge in [0.05, 0.1) is 0 Å². The standard InChI is InChI=1S/C37H41N3O3/c1-20-4-7-27(15-31(20)38)41-34-19-36(43-29-9-6-22(3)33(40)17-29)35(42-28-8-5-21(2)32(39)16-28)18-30(34)37-25-11-23-10-24(13-25)14-26(37)12-23/h4-9,15-19,23-26,37H,10-14,38-40H2,1-3H3. The molecule has 0 amide bonds. The molecule has 4 aliphatic rings. The van der Waals surface area contributed by atoms with Crippen molar-refractivity contribution in [2.45, 2.75) is 58.8 Å². The Labute approximate surface area is 254 Å². The topological polar surface area (TPSA) is 106 Å². The number of nitrogens with two attached hydrogens (primary N) is 3. The van der Waals surface area contributed by atoms with Gasteiger partial charge in [-0.15, -0.1) is 0 Å². The number of hydrogen-bond donors (Lipinski definition) is 3. The highest BCUT2D eigenvalue weighted by atomic mass is 16.5. The molecule has 43 heavy (non-hydrogen) atoms. The second-order valence-corrected chi connectivity index (χ2v) is 13.2. The van der Waals surface area contributed by atoms with Gasteiger partial charge in [0.25, 0.3) is 0 Å². The Morgan fingerprint density at radius 1 is 0.488 bits per heavy atom. The smallest absolute Gasteiger partial charge is 0.173 e. The maximum absolute atomic E-state index is 6.70. The molecule has 6 nitrogen and oxygen atoms in total. The average Bonchev–Trinajstić information content (AvgIpc) is 2.96. The van der Waals surface area contributed by atoms with Gasteiger partial charge in [-0.2, -0.15) is 0 Å². The van der Waals surface area contributed by atoms with Crippen LogP contribution in [0.15, 0.2) is 66.7 Å². The van der Waals surface area contributed by atoms with Crippen molar-refractivity contribution in [3.8, 4) is 34.5 Å². The summed E-state index contributed by atoms with van der Waals surface area (Å²) in [6.07, 6.45) is 6.57. The number of ether oxygens (including phenoxy) is 3. The first kappa shape index (κ1) is 27.5. The van der Waals surface area contributed by atoms with Crippen molar-refractivity contribution in [2.24, 2.45) is 23.7 Å². The lowest BCUT2D eigenvalue weighted by atomic mass is 9.50. The minimum Gasteiger partial charge on any atom is -0.457 e. The molecule has 4 saturated carbocycles. The van der Waals surface area contributed by atoms with Gasteiger partial charge >= 0.3 is 0 Å².